The molecule has 2 N–H and O–H groups in total. The van der Waals surface area contributed by atoms with Gasteiger partial charge in [0, 0.05) is 24.2 Å². The Hall–Kier alpha value is -0.120. The maximum Gasteiger partial charge on any atom is 0.0645 e. The van der Waals surface area contributed by atoms with Gasteiger partial charge < -0.3 is 15.4 Å². The van der Waals surface area contributed by atoms with E-state index in [9.17, 15) is 0 Å². The molecule has 2 fully saturated rings. The highest BCUT2D eigenvalue weighted by Crippen LogP contribution is 2.22. The van der Waals surface area contributed by atoms with Crippen LogP contribution in [0.3, 0.4) is 0 Å². The highest BCUT2D eigenvalue weighted by atomic mass is 16.5. The van der Waals surface area contributed by atoms with Crippen molar-refractivity contribution >= 4 is 0 Å². The van der Waals surface area contributed by atoms with E-state index in [1.165, 1.54) is 32.2 Å². The van der Waals surface area contributed by atoms with Gasteiger partial charge in [-0.15, -0.1) is 0 Å². The predicted molar refractivity (Wildman–Crippen MR) is 62.1 cm³/mol. The van der Waals surface area contributed by atoms with Gasteiger partial charge in [-0.1, -0.05) is 0 Å². The van der Waals surface area contributed by atoms with Gasteiger partial charge in [0.2, 0.25) is 0 Å². The van der Waals surface area contributed by atoms with Crippen molar-refractivity contribution in [2.24, 2.45) is 0 Å². The summed E-state index contributed by atoms with van der Waals surface area (Å²) >= 11 is 0. The first-order valence-electron chi connectivity index (χ1n) is 6.20. The van der Waals surface area contributed by atoms with Crippen molar-refractivity contribution in [3.8, 4) is 0 Å². The zero-order valence-corrected chi connectivity index (χ0v) is 10.1. The molecule has 2 unspecified atom stereocenters. The molecule has 0 aromatic rings. The molecule has 0 spiro atoms. The molecule has 0 aromatic heterocycles. The van der Waals surface area contributed by atoms with Gasteiger partial charge in [-0.3, -0.25) is 0 Å². The second kappa shape index (κ2) is 4.40. The van der Waals surface area contributed by atoms with Crippen LogP contribution < -0.4 is 10.6 Å². The summed E-state index contributed by atoms with van der Waals surface area (Å²) in [5, 5.41) is 7.28. The van der Waals surface area contributed by atoms with Crippen molar-refractivity contribution in [2.45, 2.75) is 50.6 Å². The maximum absolute atomic E-state index is 5.55. The standard InChI is InChI=1S/C12H24N2O/c1-11(5-3-7-13-11)9-14-12(2)6-4-8-15-10-12/h13-14H,3-10H2,1-2H3. The van der Waals surface area contributed by atoms with Crippen molar-refractivity contribution in [3.63, 3.8) is 0 Å². The van der Waals surface area contributed by atoms with Crippen LogP contribution in [0.25, 0.3) is 0 Å². The van der Waals surface area contributed by atoms with Crippen LogP contribution in [-0.4, -0.2) is 37.4 Å². The Morgan fingerprint density at radius 2 is 2.13 bits per heavy atom. The fourth-order valence-corrected chi connectivity index (χ4v) is 2.59. The zero-order valence-electron chi connectivity index (χ0n) is 10.1. The van der Waals surface area contributed by atoms with E-state index < -0.39 is 0 Å². The minimum atomic E-state index is 0.200. The number of hydrogen-bond donors (Lipinski definition) is 2. The van der Waals surface area contributed by atoms with E-state index in [1.807, 2.05) is 0 Å². The van der Waals surface area contributed by atoms with Gasteiger partial charge in [0.15, 0.2) is 0 Å². The van der Waals surface area contributed by atoms with Crippen LogP contribution in [0.4, 0.5) is 0 Å². The number of rotatable bonds is 3. The fraction of sp³-hybridized carbons (Fsp3) is 1.00. The van der Waals surface area contributed by atoms with E-state index in [2.05, 4.69) is 24.5 Å². The molecular formula is C12H24N2O. The summed E-state index contributed by atoms with van der Waals surface area (Å²) in [5.74, 6) is 0. The van der Waals surface area contributed by atoms with Crippen LogP contribution in [0.15, 0.2) is 0 Å². The van der Waals surface area contributed by atoms with Crippen LogP contribution in [0, 0.1) is 0 Å². The number of ether oxygens (including phenoxy) is 1. The molecule has 0 saturated carbocycles. The SMILES string of the molecule is CC1(CNC2(C)CCCOC2)CCCN1. The van der Waals surface area contributed by atoms with Crippen molar-refractivity contribution < 1.29 is 4.74 Å². The highest BCUT2D eigenvalue weighted by molar-refractivity contribution is 4.95. The van der Waals surface area contributed by atoms with E-state index in [-0.39, 0.29) is 5.54 Å². The smallest absolute Gasteiger partial charge is 0.0645 e. The molecule has 15 heavy (non-hydrogen) atoms. The summed E-state index contributed by atoms with van der Waals surface area (Å²) in [5.41, 5.74) is 0.506. The summed E-state index contributed by atoms with van der Waals surface area (Å²) in [4.78, 5) is 0. The van der Waals surface area contributed by atoms with Gasteiger partial charge in [0.1, 0.15) is 0 Å². The first kappa shape index (κ1) is 11.4. The second-order valence-corrected chi connectivity index (χ2v) is 5.66. The average molecular weight is 212 g/mol. The molecule has 2 rings (SSSR count). The summed E-state index contributed by atoms with van der Waals surface area (Å²) in [6.45, 7) is 8.64. The zero-order chi connectivity index (χ0) is 10.8. The normalized spacial score (nSPS) is 42.0. The molecule has 2 aliphatic rings. The van der Waals surface area contributed by atoms with Gasteiger partial charge in [-0.05, 0) is 46.1 Å². The molecule has 2 saturated heterocycles. The third-order valence-corrected chi connectivity index (χ3v) is 3.80. The van der Waals surface area contributed by atoms with Crippen LogP contribution in [0.1, 0.15) is 39.5 Å². The lowest BCUT2D eigenvalue weighted by Crippen LogP contribution is -2.56. The largest absolute Gasteiger partial charge is 0.380 e. The Balaban J connectivity index is 1.80. The Bertz CT molecular complexity index is 206. The fourth-order valence-electron chi connectivity index (χ4n) is 2.59. The van der Waals surface area contributed by atoms with Gasteiger partial charge in [-0.25, -0.2) is 0 Å². The lowest BCUT2D eigenvalue weighted by molar-refractivity contribution is 0.0259. The van der Waals surface area contributed by atoms with E-state index in [0.29, 0.717) is 5.54 Å². The van der Waals surface area contributed by atoms with Crippen molar-refractivity contribution in [1.82, 2.24) is 10.6 Å². The Kier molecular flexibility index (Phi) is 3.33. The van der Waals surface area contributed by atoms with Crippen molar-refractivity contribution in [1.29, 1.82) is 0 Å². The van der Waals surface area contributed by atoms with E-state index in [1.54, 1.807) is 0 Å². The average Bonchev–Trinajstić information content (AvgIpc) is 2.65. The third-order valence-electron chi connectivity index (χ3n) is 3.80. The van der Waals surface area contributed by atoms with Gasteiger partial charge in [-0.2, -0.15) is 0 Å². The quantitative estimate of drug-likeness (QED) is 0.739. The third kappa shape index (κ3) is 2.92. The Labute approximate surface area is 93.0 Å². The Morgan fingerprint density at radius 3 is 2.73 bits per heavy atom. The molecule has 3 nitrogen and oxygen atoms in total. The van der Waals surface area contributed by atoms with Gasteiger partial charge in [0.25, 0.3) is 0 Å². The first-order chi connectivity index (χ1) is 7.12. The van der Waals surface area contributed by atoms with Crippen LogP contribution in [0.5, 0.6) is 0 Å². The van der Waals surface area contributed by atoms with E-state index in [4.69, 9.17) is 4.74 Å². The van der Waals surface area contributed by atoms with E-state index in [0.717, 1.165) is 19.8 Å². The summed E-state index contributed by atoms with van der Waals surface area (Å²) < 4.78 is 5.55. The molecule has 0 amide bonds. The maximum atomic E-state index is 5.55. The highest BCUT2D eigenvalue weighted by Gasteiger charge is 2.33. The minimum Gasteiger partial charge on any atom is -0.380 e. The molecule has 2 aliphatic heterocycles. The van der Waals surface area contributed by atoms with Crippen LogP contribution >= 0.6 is 0 Å². The molecule has 0 aliphatic carbocycles. The molecular weight excluding hydrogens is 188 g/mol. The monoisotopic (exact) mass is 212 g/mol. The molecule has 0 aromatic carbocycles. The predicted octanol–water partition coefficient (Wildman–Crippen LogP) is 1.29. The van der Waals surface area contributed by atoms with Gasteiger partial charge in [0.05, 0.1) is 6.61 Å². The van der Waals surface area contributed by atoms with E-state index >= 15 is 0 Å². The summed E-state index contributed by atoms with van der Waals surface area (Å²) in [7, 11) is 0. The first-order valence-corrected chi connectivity index (χ1v) is 6.20. The Morgan fingerprint density at radius 1 is 1.27 bits per heavy atom. The molecule has 2 heterocycles. The number of hydrogen-bond acceptors (Lipinski definition) is 3. The van der Waals surface area contributed by atoms with Gasteiger partial charge >= 0.3 is 0 Å². The molecule has 3 heteroatoms. The van der Waals surface area contributed by atoms with Crippen LogP contribution in [-0.2, 0) is 4.74 Å². The minimum absolute atomic E-state index is 0.200. The van der Waals surface area contributed by atoms with Crippen molar-refractivity contribution in [3.05, 3.63) is 0 Å². The molecule has 88 valence electrons. The van der Waals surface area contributed by atoms with Crippen LogP contribution in [0.2, 0.25) is 0 Å². The summed E-state index contributed by atoms with van der Waals surface area (Å²) in [6.07, 6.45) is 5.03. The van der Waals surface area contributed by atoms with Crippen molar-refractivity contribution in [2.75, 3.05) is 26.3 Å². The summed E-state index contributed by atoms with van der Waals surface area (Å²) in [6, 6.07) is 0. The topological polar surface area (TPSA) is 33.3 Å². The lowest BCUT2D eigenvalue weighted by atomic mass is 9.92. The molecule has 0 radical (unpaired) electrons. The number of nitrogens with one attached hydrogen (secondary N) is 2. The molecule has 0 bridgehead atoms. The lowest BCUT2D eigenvalue weighted by Gasteiger charge is -2.37. The second-order valence-electron chi connectivity index (χ2n) is 5.66. The molecule has 2 atom stereocenters.